The van der Waals surface area contributed by atoms with Gasteiger partial charge in [-0.15, -0.1) is 6.42 Å². The van der Waals surface area contributed by atoms with Gasteiger partial charge in [0.2, 0.25) is 5.91 Å². The van der Waals surface area contributed by atoms with Gasteiger partial charge in [0, 0.05) is 18.7 Å². The van der Waals surface area contributed by atoms with E-state index in [9.17, 15) is 31.9 Å². The van der Waals surface area contributed by atoms with Gasteiger partial charge in [0.25, 0.3) is 5.91 Å². The van der Waals surface area contributed by atoms with Crippen LogP contribution in [0.1, 0.15) is 43.9 Å². The number of terminal acetylenes is 1. The fraction of sp³-hybridized carbons (Fsp3) is 0.393. The van der Waals surface area contributed by atoms with Crippen molar-refractivity contribution in [2.75, 3.05) is 24.5 Å². The van der Waals surface area contributed by atoms with Crippen LogP contribution in [0.25, 0.3) is 0 Å². The Labute approximate surface area is 223 Å². The number of halogens is 4. The van der Waals surface area contributed by atoms with E-state index in [0.717, 1.165) is 23.1 Å². The third-order valence-electron chi connectivity index (χ3n) is 6.68. The summed E-state index contributed by atoms with van der Waals surface area (Å²) in [6.07, 6.45) is 0.142. The van der Waals surface area contributed by atoms with Crippen LogP contribution in [0, 0.1) is 18.2 Å². The molecular formula is C28H27F4N3O4. The second-order valence-corrected chi connectivity index (χ2v) is 10.6. The van der Waals surface area contributed by atoms with Crippen LogP contribution in [0.15, 0.2) is 42.5 Å². The number of alkyl halides is 3. The van der Waals surface area contributed by atoms with Gasteiger partial charge < -0.3 is 14.5 Å². The Hall–Kier alpha value is -4.07. The van der Waals surface area contributed by atoms with E-state index in [1.807, 2.05) is 0 Å². The topological polar surface area (TPSA) is 70.2 Å². The maximum Gasteiger partial charge on any atom is 0.416 e. The highest BCUT2D eigenvalue weighted by molar-refractivity contribution is 6.09. The summed E-state index contributed by atoms with van der Waals surface area (Å²) in [5.41, 5.74) is -2.79. The zero-order chi connectivity index (χ0) is 28.8. The molecule has 2 saturated heterocycles. The Morgan fingerprint density at radius 1 is 1.10 bits per heavy atom. The standard InChI is InChI=1S/C28H27F4N3O4/c1-5-18-8-11-22(21(29)14-18)34-16-23(36)35(15-19-6-9-20(10-7-19)28(30,31)32)27(24(34)37)12-13-33(17-27)25(38)39-26(2,3)4/h1,6-11,14H,12-13,15-17H2,2-4H3/t27-/m0/s1. The molecule has 39 heavy (non-hydrogen) atoms. The van der Waals surface area contributed by atoms with Crippen LogP contribution < -0.4 is 4.90 Å². The van der Waals surface area contributed by atoms with Gasteiger partial charge in [0.05, 0.1) is 17.8 Å². The van der Waals surface area contributed by atoms with Crippen molar-refractivity contribution < 1.29 is 36.7 Å². The van der Waals surface area contributed by atoms with E-state index in [0.29, 0.717) is 5.56 Å². The van der Waals surface area contributed by atoms with E-state index in [1.165, 1.54) is 34.1 Å². The molecule has 0 aromatic heterocycles. The summed E-state index contributed by atoms with van der Waals surface area (Å²) >= 11 is 0. The van der Waals surface area contributed by atoms with Crippen LogP contribution in [-0.4, -0.2) is 58.5 Å². The molecule has 3 amide bonds. The minimum absolute atomic E-state index is 0.0258. The molecule has 2 aliphatic rings. The normalized spacial score (nSPS) is 20.0. The van der Waals surface area contributed by atoms with E-state index < -0.39 is 53.1 Å². The Morgan fingerprint density at radius 3 is 2.33 bits per heavy atom. The summed E-state index contributed by atoms with van der Waals surface area (Å²) in [5, 5.41) is 0. The minimum Gasteiger partial charge on any atom is -0.444 e. The summed E-state index contributed by atoms with van der Waals surface area (Å²) in [5.74, 6) is 0.339. The lowest BCUT2D eigenvalue weighted by Gasteiger charge is -2.47. The van der Waals surface area contributed by atoms with E-state index >= 15 is 0 Å². The molecule has 0 radical (unpaired) electrons. The Bertz CT molecular complexity index is 1340. The monoisotopic (exact) mass is 545 g/mol. The predicted molar refractivity (Wildman–Crippen MR) is 134 cm³/mol. The average molecular weight is 546 g/mol. The maximum absolute atomic E-state index is 15.0. The number of carbonyl (C=O) groups excluding carboxylic acids is 3. The van der Waals surface area contributed by atoms with Gasteiger partial charge in [-0.25, -0.2) is 9.18 Å². The van der Waals surface area contributed by atoms with Crippen LogP contribution >= 0.6 is 0 Å². The number of carbonyl (C=O) groups is 3. The van der Waals surface area contributed by atoms with Crippen LogP contribution in [0.3, 0.4) is 0 Å². The van der Waals surface area contributed by atoms with Crippen molar-refractivity contribution in [3.8, 4) is 12.3 Å². The summed E-state index contributed by atoms with van der Waals surface area (Å²) in [4.78, 5) is 44.0. The van der Waals surface area contributed by atoms with Crippen molar-refractivity contribution in [2.45, 2.75) is 51.1 Å². The average Bonchev–Trinajstić information content (AvgIpc) is 3.29. The van der Waals surface area contributed by atoms with Gasteiger partial charge in [0.15, 0.2) is 0 Å². The maximum atomic E-state index is 15.0. The lowest BCUT2D eigenvalue weighted by Crippen LogP contribution is -2.69. The third-order valence-corrected chi connectivity index (χ3v) is 6.68. The van der Waals surface area contributed by atoms with E-state index in [-0.39, 0.29) is 37.3 Å². The lowest BCUT2D eigenvalue weighted by molar-refractivity contribution is -0.151. The van der Waals surface area contributed by atoms with Crippen molar-refractivity contribution in [3.05, 3.63) is 65.0 Å². The van der Waals surface area contributed by atoms with Crippen LogP contribution in [0.2, 0.25) is 0 Å². The summed E-state index contributed by atoms with van der Waals surface area (Å²) in [6, 6.07) is 8.10. The molecule has 0 bridgehead atoms. The summed E-state index contributed by atoms with van der Waals surface area (Å²) < 4.78 is 59.6. The molecule has 2 aromatic carbocycles. The first-order chi connectivity index (χ1) is 18.1. The van der Waals surface area contributed by atoms with Crippen LogP contribution in [-0.2, 0) is 27.0 Å². The molecule has 0 aliphatic carbocycles. The fourth-order valence-electron chi connectivity index (χ4n) is 4.80. The Morgan fingerprint density at radius 2 is 1.77 bits per heavy atom. The number of ether oxygens (including phenoxy) is 1. The van der Waals surface area contributed by atoms with Gasteiger partial charge in [-0.3, -0.25) is 14.5 Å². The number of likely N-dealkylation sites (tertiary alicyclic amines) is 1. The number of piperazine rings is 1. The van der Waals surface area contributed by atoms with E-state index in [4.69, 9.17) is 11.2 Å². The summed E-state index contributed by atoms with van der Waals surface area (Å²) in [7, 11) is 0. The number of hydrogen-bond acceptors (Lipinski definition) is 4. The van der Waals surface area contributed by atoms with Gasteiger partial charge >= 0.3 is 12.3 Å². The van der Waals surface area contributed by atoms with E-state index in [1.54, 1.807) is 20.8 Å². The number of hydrogen-bond donors (Lipinski definition) is 0. The molecule has 2 aromatic rings. The van der Waals surface area contributed by atoms with Gasteiger partial charge in [0.1, 0.15) is 23.5 Å². The molecule has 7 nitrogen and oxygen atoms in total. The summed E-state index contributed by atoms with van der Waals surface area (Å²) in [6.45, 7) is 4.22. The number of rotatable bonds is 3. The van der Waals surface area contributed by atoms with Gasteiger partial charge in [-0.05, 0) is 63.1 Å². The smallest absolute Gasteiger partial charge is 0.416 e. The highest BCUT2D eigenvalue weighted by atomic mass is 19.4. The molecule has 1 spiro atoms. The number of amides is 3. The number of nitrogens with zero attached hydrogens (tertiary/aromatic N) is 3. The third kappa shape index (κ3) is 5.55. The highest BCUT2D eigenvalue weighted by Gasteiger charge is 2.57. The lowest BCUT2D eigenvalue weighted by atomic mass is 9.89. The highest BCUT2D eigenvalue weighted by Crippen LogP contribution is 2.38. The first-order valence-corrected chi connectivity index (χ1v) is 12.2. The van der Waals surface area contributed by atoms with Crippen molar-refractivity contribution in [1.29, 1.82) is 0 Å². The van der Waals surface area contributed by atoms with Crippen LogP contribution in [0.4, 0.5) is 28.0 Å². The molecule has 206 valence electrons. The molecule has 0 N–H and O–H groups in total. The van der Waals surface area contributed by atoms with Gasteiger partial charge in [-0.2, -0.15) is 13.2 Å². The molecule has 0 saturated carbocycles. The molecular weight excluding hydrogens is 518 g/mol. The molecule has 2 heterocycles. The second kappa shape index (κ2) is 9.91. The van der Waals surface area contributed by atoms with Crippen molar-refractivity contribution in [3.63, 3.8) is 0 Å². The minimum atomic E-state index is -4.53. The number of benzene rings is 2. The SMILES string of the molecule is C#Cc1ccc(N2CC(=O)N(Cc3ccc(C(F)(F)F)cc3)[C@]3(CCN(C(=O)OC(C)(C)C)C3)C2=O)c(F)c1. The number of anilines is 1. The first kappa shape index (κ1) is 28.0. The van der Waals surface area contributed by atoms with Crippen molar-refractivity contribution in [2.24, 2.45) is 0 Å². The second-order valence-electron chi connectivity index (χ2n) is 10.6. The Balaban J connectivity index is 1.71. The zero-order valence-corrected chi connectivity index (χ0v) is 21.6. The van der Waals surface area contributed by atoms with E-state index in [2.05, 4.69) is 5.92 Å². The fourth-order valence-corrected chi connectivity index (χ4v) is 4.80. The largest absolute Gasteiger partial charge is 0.444 e. The quantitative estimate of drug-likeness (QED) is 0.418. The molecule has 2 aliphatic heterocycles. The predicted octanol–water partition coefficient (Wildman–Crippen LogP) is 4.58. The van der Waals surface area contributed by atoms with Crippen LogP contribution in [0.5, 0.6) is 0 Å². The van der Waals surface area contributed by atoms with Crippen molar-refractivity contribution in [1.82, 2.24) is 9.80 Å². The molecule has 11 heteroatoms. The molecule has 4 rings (SSSR count). The Kier molecular flexibility index (Phi) is 7.10. The van der Waals surface area contributed by atoms with Crippen molar-refractivity contribution >= 4 is 23.6 Å². The molecule has 2 fully saturated rings. The van der Waals surface area contributed by atoms with Gasteiger partial charge in [-0.1, -0.05) is 18.1 Å². The zero-order valence-electron chi connectivity index (χ0n) is 21.6. The molecule has 0 unspecified atom stereocenters. The first-order valence-electron chi connectivity index (χ1n) is 12.2. The molecule has 1 atom stereocenters.